The van der Waals surface area contributed by atoms with Crippen LogP contribution >= 0.6 is 11.6 Å². The third-order valence-electron chi connectivity index (χ3n) is 3.95. The Kier molecular flexibility index (Phi) is 5.28. The van der Waals surface area contributed by atoms with E-state index in [1.165, 1.54) is 5.56 Å². The Morgan fingerprint density at radius 1 is 1.25 bits per heavy atom. The summed E-state index contributed by atoms with van der Waals surface area (Å²) in [7, 11) is 1.66. The van der Waals surface area contributed by atoms with Gasteiger partial charge in [0, 0.05) is 35.9 Å². The van der Waals surface area contributed by atoms with Gasteiger partial charge in [-0.2, -0.15) is 0 Å². The summed E-state index contributed by atoms with van der Waals surface area (Å²) in [4.78, 5) is 8.62. The second-order valence-electron chi connectivity index (χ2n) is 5.84. The van der Waals surface area contributed by atoms with Crippen LogP contribution in [0.25, 0.3) is 10.9 Å². The van der Waals surface area contributed by atoms with Crippen molar-refractivity contribution in [1.29, 1.82) is 0 Å². The standard InChI is InChI=1S/C19H20ClN3O/c1-13(8-14-4-3-7-21-11-14)22-12-16-9-15-10-17(24-2)5-6-18(15)23-19(16)20/h3-7,9-11,13,22H,8,12H2,1-2H3. The molecule has 0 spiro atoms. The van der Waals surface area contributed by atoms with Gasteiger partial charge in [0.05, 0.1) is 12.6 Å². The summed E-state index contributed by atoms with van der Waals surface area (Å²) in [6.07, 6.45) is 4.60. The third-order valence-corrected chi connectivity index (χ3v) is 4.28. The van der Waals surface area contributed by atoms with Gasteiger partial charge < -0.3 is 10.1 Å². The lowest BCUT2D eigenvalue weighted by atomic mass is 10.1. The first-order valence-electron chi connectivity index (χ1n) is 7.91. The van der Waals surface area contributed by atoms with E-state index in [-0.39, 0.29) is 0 Å². The molecular weight excluding hydrogens is 322 g/mol. The number of aromatic nitrogens is 2. The molecule has 1 unspecified atom stereocenters. The van der Waals surface area contributed by atoms with Crippen molar-refractivity contribution < 1.29 is 4.74 Å². The minimum atomic E-state index is 0.311. The van der Waals surface area contributed by atoms with Gasteiger partial charge in [-0.1, -0.05) is 17.7 Å². The molecule has 0 amide bonds. The predicted octanol–water partition coefficient (Wildman–Crippen LogP) is 4.01. The largest absolute Gasteiger partial charge is 0.497 e. The van der Waals surface area contributed by atoms with Crippen LogP contribution in [-0.4, -0.2) is 23.1 Å². The second kappa shape index (κ2) is 7.60. The number of nitrogens with zero attached hydrogens (tertiary/aromatic N) is 2. The number of hydrogen-bond donors (Lipinski definition) is 1. The Morgan fingerprint density at radius 2 is 2.12 bits per heavy atom. The fourth-order valence-electron chi connectivity index (χ4n) is 2.65. The molecule has 0 fully saturated rings. The average Bonchev–Trinajstić information content (AvgIpc) is 2.60. The molecule has 1 N–H and O–H groups in total. The maximum Gasteiger partial charge on any atom is 0.134 e. The normalized spacial score (nSPS) is 12.3. The van der Waals surface area contributed by atoms with Crippen molar-refractivity contribution in [3.8, 4) is 5.75 Å². The molecule has 124 valence electrons. The number of hydrogen-bond acceptors (Lipinski definition) is 4. The molecule has 24 heavy (non-hydrogen) atoms. The van der Waals surface area contributed by atoms with Crippen molar-refractivity contribution in [2.45, 2.75) is 25.9 Å². The summed E-state index contributed by atoms with van der Waals surface area (Å²) in [5.41, 5.74) is 3.06. The van der Waals surface area contributed by atoms with Crippen molar-refractivity contribution in [1.82, 2.24) is 15.3 Å². The molecule has 0 radical (unpaired) electrons. The van der Waals surface area contributed by atoms with Crippen LogP contribution in [0.4, 0.5) is 0 Å². The molecule has 0 aliphatic carbocycles. The number of ether oxygens (including phenoxy) is 1. The molecule has 3 aromatic rings. The maximum atomic E-state index is 6.33. The summed E-state index contributed by atoms with van der Waals surface area (Å²) < 4.78 is 5.27. The van der Waals surface area contributed by atoms with E-state index < -0.39 is 0 Å². The first-order valence-corrected chi connectivity index (χ1v) is 8.29. The highest BCUT2D eigenvalue weighted by Crippen LogP contribution is 2.24. The Bertz CT molecular complexity index is 823. The van der Waals surface area contributed by atoms with Crippen LogP contribution < -0.4 is 10.1 Å². The van der Waals surface area contributed by atoms with Crippen LogP contribution in [0.5, 0.6) is 5.75 Å². The summed E-state index contributed by atoms with van der Waals surface area (Å²) >= 11 is 6.33. The van der Waals surface area contributed by atoms with Gasteiger partial charge in [0.1, 0.15) is 10.9 Å². The minimum absolute atomic E-state index is 0.311. The van der Waals surface area contributed by atoms with Gasteiger partial charge in [0.2, 0.25) is 0 Å². The molecule has 0 saturated heterocycles. The van der Waals surface area contributed by atoms with Gasteiger partial charge in [-0.3, -0.25) is 4.98 Å². The third kappa shape index (κ3) is 4.02. The minimum Gasteiger partial charge on any atom is -0.497 e. The van der Waals surface area contributed by atoms with Crippen LogP contribution in [0.3, 0.4) is 0 Å². The topological polar surface area (TPSA) is 47.0 Å². The molecule has 4 nitrogen and oxygen atoms in total. The molecule has 2 heterocycles. The first kappa shape index (κ1) is 16.7. The quantitative estimate of drug-likeness (QED) is 0.688. The Morgan fingerprint density at radius 3 is 2.88 bits per heavy atom. The first-order chi connectivity index (χ1) is 11.7. The molecular formula is C19H20ClN3O. The monoisotopic (exact) mass is 341 g/mol. The van der Waals surface area contributed by atoms with Crippen molar-refractivity contribution in [2.24, 2.45) is 0 Å². The number of rotatable bonds is 6. The lowest BCUT2D eigenvalue weighted by Crippen LogP contribution is -2.27. The Hall–Kier alpha value is -2.17. The molecule has 2 aromatic heterocycles. The van der Waals surface area contributed by atoms with Gasteiger partial charge in [-0.05, 0) is 49.2 Å². The SMILES string of the molecule is COc1ccc2nc(Cl)c(CNC(C)Cc3cccnc3)cc2c1. The summed E-state index contributed by atoms with van der Waals surface area (Å²) in [6.45, 7) is 2.82. The van der Waals surface area contributed by atoms with E-state index in [0.29, 0.717) is 17.7 Å². The number of nitrogens with one attached hydrogen (secondary N) is 1. The fraction of sp³-hybridized carbons (Fsp3) is 0.263. The van der Waals surface area contributed by atoms with Gasteiger partial charge in [0.15, 0.2) is 0 Å². The second-order valence-corrected chi connectivity index (χ2v) is 6.20. The predicted molar refractivity (Wildman–Crippen MR) is 97.5 cm³/mol. The molecule has 1 atom stereocenters. The average molecular weight is 342 g/mol. The molecule has 0 saturated carbocycles. The highest BCUT2D eigenvalue weighted by Gasteiger charge is 2.09. The van der Waals surface area contributed by atoms with Crippen molar-refractivity contribution in [3.05, 3.63) is 65.1 Å². The highest BCUT2D eigenvalue weighted by molar-refractivity contribution is 6.30. The number of fused-ring (bicyclic) bond motifs is 1. The molecule has 3 rings (SSSR count). The lowest BCUT2D eigenvalue weighted by molar-refractivity contribution is 0.415. The van der Waals surface area contributed by atoms with E-state index >= 15 is 0 Å². The number of benzene rings is 1. The van der Waals surface area contributed by atoms with E-state index in [0.717, 1.165) is 28.6 Å². The Balaban J connectivity index is 1.71. The number of halogens is 1. The van der Waals surface area contributed by atoms with E-state index in [9.17, 15) is 0 Å². The van der Waals surface area contributed by atoms with Gasteiger partial charge in [-0.15, -0.1) is 0 Å². The Labute approximate surface area is 146 Å². The molecule has 5 heteroatoms. The number of methoxy groups -OCH3 is 1. The van der Waals surface area contributed by atoms with Crippen LogP contribution in [0.2, 0.25) is 5.15 Å². The van der Waals surface area contributed by atoms with E-state index in [4.69, 9.17) is 16.3 Å². The van der Waals surface area contributed by atoms with Crippen LogP contribution in [0, 0.1) is 0 Å². The van der Waals surface area contributed by atoms with Crippen molar-refractivity contribution in [3.63, 3.8) is 0 Å². The zero-order chi connectivity index (χ0) is 16.9. The van der Waals surface area contributed by atoms with Gasteiger partial charge in [0.25, 0.3) is 0 Å². The lowest BCUT2D eigenvalue weighted by Gasteiger charge is -2.15. The highest BCUT2D eigenvalue weighted by atomic mass is 35.5. The van der Waals surface area contributed by atoms with Crippen molar-refractivity contribution >= 4 is 22.5 Å². The zero-order valence-corrected chi connectivity index (χ0v) is 14.5. The van der Waals surface area contributed by atoms with Crippen LogP contribution in [-0.2, 0) is 13.0 Å². The van der Waals surface area contributed by atoms with Crippen LogP contribution in [0.1, 0.15) is 18.1 Å². The van der Waals surface area contributed by atoms with Gasteiger partial charge >= 0.3 is 0 Å². The summed E-state index contributed by atoms with van der Waals surface area (Å²) in [6, 6.07) is 12.2. The summed E-state index contributed by atoms with van der Waals surface area (Å²) in [5.74, 6) is 0.815. The molecule has 0 bridgehead atoms. The molecule has 0 aliphatic heterocycles. The smallest absolute Gasteiger partial charge is 0.134 e. The van der Waals surface area contributed by atoms with E-state index in [1.807, 2.05) is 30.5 Å². The van der Waals surface area contributed by atoms with Crippen molar-refractivity contribution in [2.75, 3.05) is 7.11 Å². The summed E-state index contributed by atoms with van der Waals surface area (Å²) in [5, 5.41) is 5.06. The fourth-order valence-corrected chi connectivity index (χ4v) is 2.87. The van der Waals surface area contributed by atoms with E-state index in [2.05, 4.69) is 34.3 Å². The van der Waals surface area contributed by atoms with Crippen LogP contribution in [0.15, 0.2) is 48.8 Å². The number of pyridine rings is 2. The zero-order valence-electron chi connectivity index (χ0n) is 13.8. The molecule has 1 aromatic carbocycles. The molecule has 0 aliphatic rings. The van der Waals surface area contributed by atoms with E-state index in [1.54, 1.807) is 13.3 Å². The maximum absolute atomic E-state index is 6.33. The van der Waals surface area contributed by atoms with Gasteiger partial charge in [-0.25, -0.2) is 4.98 Å².